The number of aromatic nitrogens is 3. The van der Waals surface area contributed by atoms with Crippen molar-refractivity contribution in [3.63, 3.8) is 0 Å². The molecule has 4 N–H and O–H groups in total. The van der Waals surface area contributed by atoms with Crippen LogP contribution in [-0.4, -0.2) is 33.3 Å². The summed E-state index contributed by atoms with van der Waals surface area (Å²) in [6, 6.07) is 16.3. The quantitative estimate of drug-likeness (QED) is 0.279. The summed E-state index contributed by atoms with van der Waals surface area (Å²) in [7, 11) is 0. The van der Waals surface area contributed by atoms with E-state index in [9.17, 15) is 9.59 Å². The van der Waals surface area contributed by atoms with Crippen LogP contribution in [0.2, 0.25) is 0 Å². The maximum absolute atomic E-state index is 13.0. The van der Waals surface area contributed by atoms with Gasteiger partial charge in [0.15, 0.2) is 0 Å². The third-order valence-electron chi connectivity index (χ3n) is 6.65. The maximum atomic E-state index is 13.0. The summed E-state index contributed by atoms with van der Waals surface area (Å²) in [4.78, 5) is 29.7. The number of carbonyl (C=O) groups is 2. The van der Waals surface area contributed by atoms with E-state index >= 15 is 0 Å². The van der Waals surface area contributed by atoms with Crippen LogP contribution in [0.4, 0.5) is 16.3 Å². The maximum Gasteiger partial charge on any atom is 0.325 e. The number of amides is 3. The monoisotopic (exact) mass is 556 g/mol. The van der Waals surface area contributed by atoms with Gasteiger partial charge in [0.2, 0.25) is 5.91 Å². The predicted octanol–water partition coefficient (Wildman–Crippen LogP) is 5.50. The number of hydrogen-bond acceptors (Lipinski definition) is 6. The molecule has 2 heterocycles. The number of carbonyl (C=O) groups excluding carboxylic acids is 2. The Kier molecular flexibility index (Phi) is 8.44. The van der Waals surface area contributed by atoms with Crippen LogP contribution in [0.3, 0.4) is 0 Å². The fraction of sp³-hybridized carbons (Fsp3) is 0.290. The van der Waals surface area contributed by atoms with Crippen molar-refractivity contribution < 1.29 is 19.1 Å². The van der Waals surface area contributed by atoms with E-state index in [1.54, 1.807) is 29.1 Å². The molecule has 10 nitrogen and oxygen atoms in total. The van der Waals surface area contributed by atoms with Gasteiger partial charge in [-0.3, -0.25) is 9.78 Å². The van der Waals surface area contributed by atoms with Crippen molar-refractivity contribution in [3.8, 4) is 17.2 Å². The number of anilines is 2. The lowest BCUT2D eigenvalue weighted by atomic mass is 9.92. The summed E-state index contributed by atoms with van der Waals surface area (Å²) in [5, 5.41) is 4.88. The van der Waals surface area contributed by atoms with Gasteiger partial charge in [-0.25, -0.2) is 14.4 Å². The molecule has 0 fully saturated rings. The molecule has 2 aromatic heterocycles. The Morgan fingerprint density at radius 2 is 1.66 bits per heavy atom. The van der Waals surface area contributed by atoms with Crippen molar-refractivity contribution >= 4 is 23.4 Å². The number of ether oxygens (including phenoxy) is 2. The zero-order chi connectivity index (χ0) is 29.9. The van der Waals surface area contributed by atoms with Crippen LogP contribution in [0, 0.1) is 20.8 Å². The highest BCUT2D eigenvalue weighted by atomic mass is 16.5. The average Bonchev–Trinajstić information content (AvgIpc) is 3.34. The lowest BCUT2D eigenvalue weighted by Crippen LogP contribution is -2.33. The molecule has 41 heavy (non-hydrogen) atoms. The number of urea groups is 1. The minimum Gasteiger partial charge on any atom is -0.457 e. The number of benzene rings is 2. The molecule has 0 unspecified atom stereocenters. The van der Waals surface area contributed by atoms with Gasteiger partial charge in [0, 0.05) is 23.7 Å². The zero-order valence-corrected chi connectivity index (χ0v) is 24.3. The van der Waals surface area contributed by atoms with E-state index in [-0.39, 0.29) is 18.6 Å². The van der Waals surface area contributed by atoms with Gasteiger partial charge in [0.25, 0.3) is 0 Å². The summed E-state index contributed by atoms with van der Waals surface area (Å²) in [6.45, 7) is 12.0. The van der Waals surface area contributed by atoms with Gasteiger partial charge < -0.3 is 20.9 Å². The van der Waals surface area contributed by atoms with Crippen LogP contribution in [0.1, 0.15) is 48.8 Å². The second kappa shape index (κ2) is 11.8. The Hall–Kier alpha value is -4.70. The highest BCUT2D eigenvalue weighted by Gasteiger charge is 2.28. The van der Waals surface area contributed by atoms with Gasteiger partial charge in [-0.05, 0) is 62.2 Å². The first-order valence-corrected chi connectivity index (χ1v) is 13.2. The standard InChI is InChI=1S/C31H36N6O4/c1-19-7-9-23(10-8-19)37-29(16-27(35-37)31(4,5)6)36(30(33)39)25-11-12-26(21(3)20(25)2)41-24-13-14-34-22(15-24)17-40-18-28(32)38/h7-16H,17-18H2,1-6H3,(H2,32,38)(H2,33,39). The van der Waals surface area contributed by atoms with Gasteiger partial charge in [-0.1, -0.05) is 38.5 Å². The van der Waals surface area contributed by atoms with E-state index in [2.05, 4.69) is 25.8 Å². The van der Waals surface area contributed by atoms with Crippen LogP contribution in [0.25, 0.3) is 5.69 Å². The first-order valence-electron chi connectivity index (χ1n) is 13.2. The molecule has 0 spiro atoms. The van der Waals surface area contributed by atoms with E-state index in [1.807, 2.05) is 57.2 Å². The fourth-order valence-corrected chi connectivity index (χ4v) is 4.24. The second-order valence-electron chi connectivity index (χ2n) is 10.9. The van der Waals surface area contributed by atoms with E-state index in [4.69, 9.17) is 26.0 Å². The molecule has 3 amide bonds. The van der Waals surface area contributed by atoms with Crippen LogP contribution in [0.5, 0.6) is 11.5 Å². The van der Waals surface area contributed by atoms with Gasteiger partial charge in [0.1, 0.15) is 23.9 Å². The van der Waals surface area contributed by atoms with Gasteiger partial charge in [0.05, 0.1) is 29.4 Å². The number of rotatable bonds is 9. The number of pyridine rings is 1. The van der Waals surface area contributed by atoms with Crippen molar-refractivity contribution in [1.82, 2.24) is 14.8 Å². The molecule has 0 aliphatic rings. The van der Waals surface area contributed by atoms with Crippen molar-refractivity contribution in [3.05, 3.63) is 88.9 Å². The van der Waals surface area contributed by atoms with Gasteiger partial charge in [-0.2, -0.15) is 5.10 Å². The Balaban J connectivity index is 1.71. The molecule has 214 valence electrons. The fourth-order valence-electron chi connectivity index (χ4n) is 4.24. The topological polar surface area (TPSA) is 139 Å². The highest BCUT2D eigenvalue weighted by Crippen LogP contribution is 2.38. The molecule has 0 aliphatic heterocycles. The molecule has 2 aromatic carbocycles. The van der Waals surface area contributed by atoms with E-state index in [0.717, 1.165) is 28.1 Å². The number of nitrogens with zero attached hydrogens (tertiary/aromatic N) is 4. The molecule has 4 rings (SSSR count). The van der Waals surface area contributed by atoms with Gasteiger partial charge >= 0.3 is 6.03 Å². The molecular weight excluding hydrogens is 520 g/mol. The first kappa shape index (κ1) is 29.3. The summed E-state index contributed by atoms with van der Waals surface area (Å²) < 4.78 is 13.2. The number of nitrogens with two attached hydrogens (primary N) is 2. The molecule has 0 aliphatic carbocycles. The summed E-state index contributed by atoms with van der Waals surface area (Å²) in [5.41, 5.74) is 16.5. The summed E-state index contributed by atoms with van der Waals surface area (Å²) in [6.07, 6.45) is 1.60. The minimum absolute atomic E-state index is 0.121. The number of primary amides is 2. The lowest BCUT2D eigenvalue weighted by Gasteiger charge is -2.25. The largest absolute Gasteiger partial charge is 0.457 e. The molecule has 4 aromatic rings. The normalized spacial score (nSPS) is 11.4. The van der Waals surface area contributed by atoms with E-state index in [1.165, 1.54) is 4.90 Å². The summed E-state index contributed by atoms with van der Waals surface area (Å²) >= 11 is 0. The Labute approximate surface area is 239 Å². The Bertz CT molecular complexity index is 1570. The first-order chi connectivity index (χ1) is 19.3. The van der Waals surface area contributed by atoms with Crippen LogP contribution >= 0.6 is 0 Å². The SMILES string of the molecule is Cc1ccc(-n2nc(C(C)(C)C)cc2N(C(N)=O)c2ccc(Oc3ccnc(COCC(N)=O)c3)c(C)c2C)cc1. The molecule has 0 saturated carbocycles. The molecule has 0 radical (unpaired) electrons. The predicted molar refractivity (Wildman–Crippen MR) is 158 cm³/mol. The zero-order valence-electron chi connectivity index (χ0n) is 24.3. The molecule has 0 saturated heterocycles. The smallest absolute Gasteiger partial charge is 0.325 e. The van der Waals surface area contributed by atoms with Crippen LogP contribution in [-0.2, 0) is 21.6 Å². The lowest BCUT2D eigenvalue weighted by molar-refractivity contribution is -0.122. The third-order valence-corrected chi connectivity index (χ3v) is 6.65. The minimum atomic E-state index is -0.635. The molecule has 10 heteroatoms. The number of hydrogen-bond donors (Lipinski definition) is 2. The van der Waals surface area contributed by atoms with E-state index < -0.39 is 11.9 Å². The molecule has 0 bridgehead atoms. The number of aryl methyl sites for hydroxylation is 1. The Morgan fingerprint density at radius 3 is 2.29 bits per heavy atom. The van der Waals surface area contributed by atoms with Crippen molar-refractivity contribution in [1.29, 1.82) is 0 Å². The van der Waals surface area contributed by atoms with Crippen molar-refractivity contribution in [2.75, 3.05) is 11.5 Å². The Morgan fingerprint density at radius 1 is 0.951 bits per heavy atom. The summed E-state index contributed by atoms with van der Waals surface area (Å²) in [5.74, 6) is 1.14. The second-order valence-corrected chi connectivity index (χ2v) is 10.9. The highest BCUT2D eigenvalue weighted by molar-refractivity contribution is 5.99. The van der Waals surface area contributed by atoms with Crippen LogP contribution < -0.4 is 21.1 Å². The van der Waals surface area contributed by atoms with Crippen molar-refractivity contribution in [2.24, 2.45) is 11.5 Å². The van der Waals surface area contributed by atoms with Crippen LogP contribution in [0.15, 0.2) is 60.8 Å². The third kappa shape index (κ3) is 6.72. The van der Waals surface area contributed by atoms with Crippen molar-refractivity contribution in [2.45, 2.75) is 53.6 Å². The van der Waals surface area contributed by atoms with Gasteiger partial charge in [-0.15, -0.1) is 0 Å². The molecular formula is C31H36N6O4. The van der Waals surface area contributed by atoms with E-state index in [0.29, 0.717) is 28.7 Å². The molecule has 0 atom stereocenters. The average molecular weight is 557 g/mol.